The summed E-state index contributed by atoms with van der Waals surface area (Å²) in [5.41, 5.74) is 0.989. The van der Waals surface area contributed by atoms with E-state index >= 15 is 0 Å². The Hall–Kier alpha value is -2.14. The van der Waals surface area contributed by atoms with Gasteiger partial charge in [-0.3, -0.25) is 0 Å². The van der Waals surface area contributed by atoms with Gasteiger partial charge in [-0.25, -0.2) is 4.98 Å². The van der Waals surface area contributed by atoms with Gasteiger partial charge in [-0.05, 0) is 35.2 Å². The fourth-order valence-corrected chi connectivity index (χ4v) is 1.62. The molecule has 0 bridgehead atoms. The Morgan fingerprint density at radius 2 is 2.12 bits per heavy atom. The molecule has 0 saturated carbocycles. The predicted octanol–water partition coefficient (Wildman–Crippen LogP) is 2.80. The highest BCUT2D eigenvalue weighted by Crippen LogP contribution is 2.22. The van der Waals surface area contributed by atoms with Crippen molar-refractivity contribution in [3.8, 4) is 11.8 Å². The Balaban J connectivity index is 1.94. The summed E-state index contributed by atoms with van der Waals surface area (Å²) in [5, 5.41) is 1.22. The van der Waals surface area contributed by atoms with Gasteiger partial charge >= 0.3 is 6.01 Å². The second-order valence-corrected chi connectivity index (χ2v) is 3.70. The fourth-order valence-electron chi connectivity index (χ4n) is 1.51. The number of hydrogen-bond donors (Lipinski definition) is 1. The normalized spacial score (nSPS) is 10.6. The number of benzene rings is 1. The van der Waals surface area contributed by atoms with E-state index in [1.807, 2.05) is 30.5 Å². The number of hydrogen-bond acceptors (Lipinski definition) is 4. The standard InChI is InChI=1S/C11H7ClN4O/c12-10-14-6-15-11(16-10)17-8-2-1-7-3-4-13-9(7)5-8/h1-6,13H. The van der Waals surface area contributed by atoms with Gasteiger partial charge in [0.2, 0.25) is 5.28 Å². The molecule has 2 aromatic heterocycles. The molecule has 17 heavy (non-hydrogen) atoms. The molecule has 0 fully saturated rings. The van der Waals surface area contributed by atoms with Crippen molar-refractivity contribution in [3.63, 3.8) is 0 Å². The lowest BCUT2D eigenvalue weighted by Gasteiger charge is -2.02. The molecule has 0 atom stereocenters. The molecule has 0 aliphatic rings. The van der Waals surface area contributed by atoms with Crippen LogP contribution in [0.3, 0.4) is 0 Å². The number of nitrogens with zero attached hydrogens (tertiary/aromatic N) is 3. The lowest BCUT2D eigenvalue weighted by atomic mass is 10.2. The molecular formula is C11H7ClN4O. The van der Waals surface area contributed by atoms with Gasteiger partial charge in [-0.15, -0.1) is 0 Å². The third-order valence-electron chi connectivity index (χ3n) is 2.26. The maximum absolute atomic E-state index is 5.64. The fraction of sp³-hybridized carbons (Fsp3) is 0. The number of nitrogens with one attached hydrogen (secondary N) is 1. The zero-order valence-electron chi connectivity index (χ0n) is 8.59. The van der Waals surface area contributed by atoms with E-state index < -0.39 is 0 Å². The quantitative estimate of drug-likeness (QED) is 0.755. The summed E-state index contributed by atoms with van der Waals surface area (Å²) in [4.78, 5) is 14.5. The van der Waals surface area contributed by atoms with Crippen LogP contribution in [-0.2, 0) is 0 Å². The molecule has 2 heterocycles. The van der Waals surface area contributed by atoms with Crippen molar-refractivity contribution in [1.29, 1.82) is 0 Å². The van der Waals surface area contributed by atoms with E-state index in [1.165, 1.54) is 6.33 Å². The summed E-state index contributed by atoms with van der Waals surface area (Å²) in [6.45, 7) is 0. The molecule has 1 N–H and O–H groups in total. The Kier molecular flexibility index (Phi) is 2.38. The van der Waals surface area contributed by atoms with Crippen LogP contribution in [0.25, 0.3) is 10.9 Å². The first kappa shape index (κ1) is 10.0. The van der Waals surface area contributed by atoms with Crippen LogP contribution in [0.4, 0.5) is 0 Å². The van der Waals surface area contributed by atoms with Crippen molar-refractivity contribution in [2.45, 2.75) is 0 Å². The van der Waals surface area contributed by atoms with Gasteiger partial charge in [0.25, 0.3) is 0 Å². The molecule has 0 saturated heterocycles. The first-order valence-corrected chi connectivity index (χ1v) is 5.28. The largest absolute Gasteiger partial charge is 0.424 e. The molecule has 0 amide bonds. The second kappa shape index (κ2) is 4.03. The molecule has 84 valence electrons. The van der Waals surface area contributed by atoms with Gasteiger partial charge in [-0.1, -0.05) is 0 Å². The van der Waals surface area contributed by atoms with E-state index in [1.54, 1.807) is 0 Å². The lowest BCUT2D eigenvalue weighted by Crippen LogP contribution is -1.93. The van der Waals surface area contributed by atoms with E-state index in [0.717, 1.165) is 10.9 Å². The molecule has 0 spiro atoms. The van der Waals surface area contributed by atoms with Crippen LogP contribution < -0.4 is 4.74 Å². The average molecular weight is 247 g/mol. The van der Waals surface area contributed by atoms with Crippen LogP contribution in [0, 0.1) is 0 Å². The van der Waals surface area contributed by atoms with Crippen molar-refractivity contribution in [2.75, 3.05) is 0 Å². The zero-order valence-corrected chi connectivity index (χ0v) is 9.35. The van der Waals surface area contributed by atoms with E-state index in [-0.39, 0.29) is 11.3 Å². The van der Waals surface area contributed by atoms with E-state index in [0.29, 0.717) is 5.75 Å². The molecular weight excluding hydrogens is 240 g/mol. The highest BCUT2D eigenvalue weighted by atomic mass is 35.5. The van der Waals surface area contributed by atoms with Crippen molar-refractivity contribution >= 4 is 22.5 Å². The van der Waals surface area contributed by atoms with Crippen LogP contribution >= 0.6 is 11.6 Å². The zero-order chi connectivity index (χ0) is 11.7. The van der Waals surface area contributed by atoms with Crippen molar-refractivity contribution in [2.24, 2.45) is 0 Å². The molecule has 0 unspecified atom stereocenters. The topological polar surface area (TPSA) is 63.7 Å². The molecule has 0 aliphatic carbocycles. The molecule has 0 radical (unpaired) electrons. The summed E-state index contributed by atoms with van der Waals surface area (Å²) in [6, 6.07) is 7.82. The minimum absolute atomic E-state index is 0.107. The van der Waals surface area contributed by atoms with Crippen LogP contribution in [0.2, 0.25) is 5.28 Å². The van der Waals surface area contributed by atoms with Gasteiger partial charge in [0.1, 0.15) is 12.1 Å². The van der Waals surface area contributed by atoms with Crippen molar-refractivity contribution < 1.29 is 4.74 Å². The molecule has 1 aromatic carbocycles. The number of H-pyrrole nitrogens is 1. The Labute approximate surface area is 101 Å². The molecule has 6 heteroatoms. The second-order valence-electron chi connectivity index (χ2n) is 3.37. The summed E-state index contributed by atoms with van der Waals surface area (Å²) < 4.78 is 5.47. The van der Waals surface area contributed by atoms with Crippen LogP contribution in [0.15, 0.2) is 36.8 Å². The average Bonchev–Trinajstić information content (AvgIpc) is 2.76. The summed E-state index contributed by atoms with van der Waals surface area (Å²) in [6.07, 6.45) is 3.17. The van der Waals surface area contributed by atoms with Crippen LogP contribution in [-0.4, -0.2) is 19.9 Å². The van der Waals surface area contributed by atoms with Gasteiger partial charge in [0.05, 0.1) is 0 Å². The lowest BCUT2D eigenvalue weighted by molar-refractivity contribution is 0.440. The Bertz CT molecular complexity index is 667. The Morgan fingerprint density at radius 3 is 3.00 bits per heavy atom. The Morgan fingerprint density at radius 1 is 1.18 bits per heavy atom. The number of halogens is 1. The van der Waals surface area contributed by atoms with Gasteiger partial charge in [0.15, 0.2) is 0 Å². The van der Waals surface area contributed by atoms with Gasteiger partial charge in [0, 0.05) is 17.8 Å². The van der Waals surface area contributed by atoms with Gasteiger partial charge in [-0.2, -0.15) is 9.97 Å². The minimum Gasteiger partial charge on any atom is -0.424 e. The summed E-state index contributed by atoms with van der Waals surface area (Å²) in [5.74, 6) is 0.641. The molecule has 0 aliphatic heterocycles. The van der Waals surface area contributed by atoms with Crippen molar-refractivity contribution in [1.82, 2.24) is 19.9 Å². The number of aromatic amines is 1. The molecule has 3 rings (SSSR count). The van der Waals surface area contributed by atoms with Crippen LogP contribution in [0.5, 0.6) is 11.8 Å². The van der Waals surface area contributed by atoms with E-state index in [9.17, 15) is 0 Å². The van der Waals surface area contributed by atoms with E-state index in [4.69, 9.17) is 16.3 Å². The smallest absolute Gasteiger partial charge is 0.326 e. The predicted molar refractivity (Wildman–Crippen MR) is 63.2 cm³/mol. The maximum atomic E-state index is 5.64. The SMILES string of the molecule is Clc1ncnc(Oc2ccc3cc[nH]c3c2)n1. The van der Waals surface area contributed by atoms with Crippen molar-refractivity contribution in [3.05, 3.63) is 42.1 Å². The summed E-state index contributed by atoms with van der Waals surface area (Å²) >= 11 is 5.64. The first-order chi connectivity index (χ1) is 8.31. The number of aromatic nitrogens is 4. The monoisotopic (exact) mass is 246 g/mol. The van der Waals surface area contributed by atoms with E-state index in [2.05, 4.69) is 19.9 Å². The van der Waals surface area contributed by atoms with Gasteiger partial charge < -0.3 is 9.72 Å². The highest BCUT2D eigenvalue weighted by molar-refractivity contribution is 6.28. The highest BCUT2D eigenvalue weighted by Gasteiger charge is 2.03. The number of ether oxygens (including phenoxy) is 1. The third-order valence-corrected chi connectivity index (χ3v) is 2.44. The molecule has 3 aromatic rings. The number of rotatable bonds is 2. The first-order valence-electron chi connectivity index (χ1n) is 4.91. The maximum Gasteiger partial charge on any atom is 0.326 e. The van der Waals surface area contributed by atoms with Crippen LogP contribution in [0.1, 0.15) is 0 Å². The molecule has 5 nitrogen and oxygen atoms in total. The minimum atomic E-state index is 0.107. The summed E-state index contributed by atoms with van der Waals surface area (Å²) in [7, 11) is 0. The third kappa shape index (κ3) is 2.05. The number of fused-ring (bicyclic) bond motifs is 1.